The highest BCUT2D eigenvalue weighted by Gasteiger charge is 2.85. The molecule has 0 bridgehead atoms. The van der Waals surface area contributed by atoms with Gasteiger partial charge in [0.05, 0.1) is 0 Å². The van der Waals surface area contributed by atoms with Gasteiger partial charge in [0.15, 0.2) is 0 Å². The van der Waals surface area contributed by atoms with Crippen LogP contribution in [0.4, 0.5) is 74.6 Å². The first-order valence-electron chi connectivity index (χ1n) is 8.60. The number of carbonyl (C=O) groups excluding carboxylic acids is 1. The van der Waals surface area contributed by atoms with E-state index in [1.807, 2.05) is 4.74 Å². The molecule has 0 aliphatic heterocycles. The SMILES string of the molecule is O=C(NCc1ccccc1)[C@@](F)(OC(F)(F)[C@@](F)(OC(F)(F)C(F)(F)C(F)(F)F)C(F)(F)F)C(F)(F)F. The van der Waals surface area contributed by atoms with E-state index in [0.717, 1.165) is 29.6 Å². The zero-order valence-electron chi connectivity index (χ0n) is 16.7. The Balaban J connectivity index is 3.52. The number of alkyl halides is 17. The summed E-state index contributed by atoms with van der Waals surface area (Å²) in [5.74, 6) is -26.1. The molecule has 0 unspecified atom stereocenters. The maximum atomic E-state index is 14.3. The van der Waals surface area contributed by atoms with Crippen molar-refractivity contribution in [3.05, 3.63) is 35.9 Å². The van der Waals surface area contributed by atoms with Gasteiger partial charge in [-0.2, -0.15) is 74.6 Å². The molecule has 1 aromatic rings. The number of carbonyl (C=O) groups is 1. The average molecular weight is 585 g/mol. The molecule has 0 aromatic heterocycles. The minimum Gasteiger partial charge on any atom is -0.347 e. The maximum absolute atomic E-state index is 14.3. The summed E-state index contributed by atoms with van der Waals surface area (Å²) in [6.45, 7) is -1.19. The summed E-state index contributed by atoms with van der Waals surface area (Å²) >= 11 is 0. The molecular formula is C16H8F17NO3. The van der Waals surface area contributed by atoms with E-state index in [9.17, 15) is 79.4 Å². The van der Waals surface area contributed by atoms with Crippen LogP contribution in [-0.2, 0) is 20.8 Å². The van der Waals surface area contributed by atoms with Crippen LogP contribution in [0, 0.1) is 0 Å². The summed E-state index contributed by atoms with van der Waals surface area (Å²) in [5.41, 5.74) is -0.209. The Bertz CT molecular complexity index is 943. The molecule has 2 atom stereocenters. The molecule has 0 saturated heterocycles. The van der Waals surface area contributed by atoms with Crippen LogP contribution in [0.25, 0.3) is 0 Å². The zero-order chi connectivity index (χ0) is 29.5. The fourth-order valence-corrected chi connectivity index (χ4v) is 2.06. The monoisotopic (exact) mass is 585 g/mol. The Morgan fingerprint density at radius 3 is 1.46 bits per heavy atom. The summed E-state index contributed by atoms with van der Waals surface area (Å²) in [6.07, 6.45) is -38.5. The number of hydrogen-bond donors (Lipinski definition) is 1. The molecule has 37 heavy (non-hydrogen) atoms. The Hall–Kier alpha value is -2.58. The second-order valence-corrected chi connectivity index (χ2v) is 6.66. The first-order chi connectivity index (χ1) is 16.2. The Morgan fingerprint density at radius 1 is 0.622 bits per heavy atom. The van der Waals surface area contributed by atoms with E-state index in [2.05, 4.69) is 0 Å². The minimum absolute atomic E-state index is 0.209. The summed E-state index contributed by atoms with van der Waals surface area (Å²) in [6, 6.07) is 5.63. The minimum atomic E-state index is -8.04. The molecule has 1 rings (SSSR count). The number of halogens is 17. The molecule has 214 valence electrons. The van der Waals surface area contributed by atoms with Crippen molar-refractivity contribution in [3.8, 4) is 0 Å². The van der Waals surface area contributed by atoms with Crippen LogP contribution in [0.15, 0.2) is 30.3 Å². The number of hydrogen-bond acceptors (Lipinski definition) is 3. The van der Waals surface area contributed by atoms with Crippen molar-refractivity contribution in [2.24, 2.45) is 0 Å². The van der Waals surface area contributed by atoms with Crippen molar-refractivity contribution in [3.63, 3.8) is 0 Å². The first kappa shape index (κ1) is 32.4. The van der Waals surface area contributed by atoms with Crippen molar-refractivity contribution in [1.29, 1.82) is 0 Å². The molecule has 1 N–H and O–H groups in total. The summed E-state index contributed by atoms with van der Waals surface area (Å²) in [5, 5.41) is 0.898. The third-order valence-corrected chi connectivity index (χ3v) is 3.95. The van der Waals surface area contributed by atoms with Gasteiger partial charge < -0.3 is 5.32 Å². The highest BCUT2D eigenvalue weighted by molar-refractivity contribution is 5.84. The smallest absolute Gasteiger partial charge is 0.347 e. The number of rotatable bonds is 9. The van der Waals surface area contributed by atoms with Gasteiger partial charge in [-0.1, -0.05) is 30.3 Å². The van der Waals surface area contributed by atoms with Crippen LogP contribution in [0.2, 0.25) is 0 Å². The fourth-order valence-electron chi connectivity index (χ4n) is 2.06. The van der Waals surface area contributed by atoms with Gasteiger partial charge in [-0.15, -0.1) is 0 Å². The van der Waals surface area contributed by atoms with E-state index >= 15 is 0 Å². The largest absolute Gasteiger partial charge is 0.462 e. The van der Waals surface area contributed by atoms with E-state index in [1.165, 1.54) is 10.8 Å². The quantitative estimate of drug-likeness (QED) is 0.353. The lowest BCUT2D eigenvalue weighted by molar-refractivity contribution is -0.548. The lowest BCUT2D eigenvalue weighted by Gasteiger charge is -2.40. The first-order valence-corrected chi connectivity index (χ1v) is 8.60. The fraction of sp³-hybridized carbons (Fsp3) is 0.562. The van der Waals surface area contributed by atoms with E-state index in [-0.39, 0.29) is 5.56 Å². The molecule has 0 saturated carbocycles. The van der Waals surface area contributed by atoms with Crippen LogP contribution in [0.3, 0.4) is 0 Å². The molecule has 0 fully saturated rings. The molecule has 0 aliphatic rings. The van der Waals surface area contributed by atoms with Gasteiger partial charge in [0.25, 0.3) is 5.91 Å². The molecule has 1 amide bonds. The lowest BCUT2D eigenvalue weighted by atomic mass is 10.2. The van der Waals surface area contributed by atoms with E-state index < -0.39 is 60.8 Å². The second-order valence-electron chi connectivity index (χ2n) is 6.66. The normalized spacial score (nSPS) is 17.6. The van der Waals surface area contributed by atoms with E-state index in [4.69, 9.17) is 0 Å². The zero-order valence-corrected chi connectivity index (χ0v) is 16.7. The van der Waals surface area contributed by atoms with Crippen LogP contribution >= 0.6 is 0 Å². The third-order valence-electron chi connectivity index (χ3n) is 3.95. The van der Waals surface area contributed by atoms with Gasteiger partial charge in [0.2, 0.25) is 0 Å². The van der Waals surface area contributed by atoms with Crippen LogP contribution in [-0.4, -0.2) is 54.3 Å². The molecule has 4 nitrogen and oxygen atoms in total. The number of nitrogens with one attached hydrogen (secondary N) is 1. The molecular weight excluding hydrogens is 577 g/mol. The number of benzene rings is 1. The van der Waals surface area contributed by atoms with Crippen LogP contribution in [0.1, 0.15) is 5.56 Å². The van der Waals surface area contributed by atoms with Gasteiger partial charge in [0.1, 0.15) is 0 Å². The van der Waals surface area contributed by atoms with E-state index in [0.29, 0.717) is 0 Å². The Kier molecular flexibility index (Phi) is 8.44. The van der Waals surface area contributed by atoms with Crippen LogP contribution in [0.5, 0.6) is 0 Å². The van der Waals surface area contributed by atoms with E-state index in [1.54, 1.807) is 0 Å². The van der Waals surface area contributed by atoms with Crippen molar-refractivity contribution in [2.75, 3.05) is 0 Å². The highest BCUT2D eigenvalue weighted by atomic mass is 19.4. The predicted octanol–water partition coefficient (Wildman–Crippen LogP) is 6.18. The topological polar surface area (TPSA) is 47.6 Å². The van der Waals surface area contributed by atoms with Crippen molar-refractivity contribution < 1.29 is 88.9 Å². The van der Waals surface area contributed by atoms with Crippen LogP contribution < -0.4 is 5.32 Å². The third kappa shape index (κ3) is 6.12. The van der Waals surface area contributed by atoms with Gasteiger partial charge in [-0.3, -0.25) is 14.3 Å². The lowest BCUT2D eigenvalue weighted by Crippen LogP contribution is -2.68. The molecule has 0 radical (unpaired) electrons. The summed E-state index contributed by atoms with van der Waals surface area (Å²) in [7, 11) is 0. The van der Waals surface area contributed by atoms with Crippen molar-refractivity contribution in [1.82, 2.24) is 5.32 Å². The molecule has 21 heteroatoms. The number of ether oxygens (including phenoxy) is 2. The van der Waals surface area contributed by atoms with Crippen molar-refractivity contribution in [2.45, 2.75) is 54.9 Å². The Labute approximate surface area is 192 Å². The maximum Gasteiger partial charge on any atom is 0.462 e. The Morgan fingerprint density at radius 2 is 1.08 bits per heavy atom. The number of amides is 1. The highest BCUT2D eigenvalue weighted by Crippen LogP contribution is 2.56. The summed E-state index contributed by atoms with van der Waals surface area (Å²) in [4.78, 5) is 11.6. The standard InChI is InChI=1S/C16H8F17NO3/c17-9(12(21,22)23,8(35)34-6-7-4-2-1-3-5-7)36-16(32,33)11(20,14(27,28)29)37-15(30,31)10(18,19)13(24,25)26/h1-5H,6H2,(H,34,35)/t9-,11+/m1/s1. The van der Waals surface area contributed by atoms with Gasteiger partial charge in [-0.25, -0.2) is 0 Å². The van der Waals surface area contributed by atoms with Crippen molar-refractivity contribution >= 4 is 5.91 Å². The van der Waals surface area contributed by atoms with Gasteiger partial charge in [-0.05, 0) is 5.56 Å². The predicted molar refractivity (Wildman–Crippen MR) is 81.1 cm³/mol. The molecule has 1 aromatic carbocycles. The molecule has 0 aliphatic carbocycles. The molecule has 0 heterocycles. The van der Waals surface area contributed by atoms with Gasteiger partial charge in [0, 0.05) is 6.54 Å². The van der Waals surface area contributed by atoms with Gasteiger partial charge >= 0.3 is 48.4 Å². The second kappa shape index (κ2) is 9.62. The summed E-state index contributed by atoms with van der Waals surface area (Å²) < 4.78 is 225. The average Bonchev–Trinajstić information content (AvgIpc) is 2.69. The molecule has 0 spiro atoms.